The van der Waals surface area contributed by atoms with E-state index < -0.39 is 5.54 Å². The van der Waals surface area contributed by atoms with Crippen molar-refractivity contribution in [3.8, 4) is 11.8 Å². The Bertz CT molecular complexity index is 496. The number of nitrogens with zero attached hydrogens (tertiary/aromatic N) is 1. The summed E-state index contributed by atoms with van der Waals surface area (Å²) in [6, 6.07) is 7.22. The summed E-state index contributed by atoms with van der Waals surface area (Å²) < 4.78 is 5.74. The van der Waals surface area contributed by atoms with E-state index in [0.717, 1.165) is 0 Å². The normalized spacial score (nSPS) is 13.3. The summed E-state index contributed by atoms with van der Waals surface area (Å²) in [5, 5.41) is 11.8. The Balaban J connectivity index is 3.01. The van der Waals surface area contributed by atoms with Crippen molar-refractivity contribution in [3.05, 3.63) is 28.2 Å². The minimum Gasteiger partial charge on any atom is -0.497 e. The highest BCUT2D eigenvalue weighted by atomic mass is 79.9. The Morgan fingerprint density at radius 1 is 1.61 bits per heavy atom. The molecule has 96 valence electrons. The highest BCUT2D eigenvalue weighted by Crippen LogP contribution is 2.23. The monoisotopic (exact) mass is 310 g/mol. The van der Waals surface area contributed by atoms with Crippen LogP contribution in [0.15, 0.2) is 22.7 Å². The standard InChI is InChI=1S/C13H15BrN2O2/c1-4-13(2,8-15)16-12(17)10-7-9(18-3)5-6-11(10)14/h5-7H,4H2,1-3H3,(H,16,17)/t13-/m0/s1. The second-order valence-corrected chi connectivity index (χ2v) is 4.95. The number of nitrogens with one attached hydrogen (secondary N) is 1. The van der Waals surface area contributed by atoms with Crippen molar-refractivity contribution in [1.29, 1.82) is 5.26 Å². The number of carbonyl (C=O) groups is 1. The smallest absolute Gasteiger partial charge is 0.253 e. The number of nitriles is 1. The van der Waals surface area contributed by atoms with Crippen molar-refractivity contribution < 1.29 is 9.53 Å². The van der Waals surface area contributed by atoms with Gasteiger partial charge in [0.05, 0.1) is 18.7 Å². The second kappa shape index (κ2) is 5.87. The van der Waals surface area contributed by atoms with Crippen LogP contribution in [0.2, 0.25) is 0 Å². The van der Waals surface area contributed by atoms with Gasteiger partial charge in [0.15, 0.2) is 0 Å². The van der Waals surface area contributed by atoms with Gasteiger partial charge in [-0.05, 0) is 47.5 Å². The van der Waals surface area contributed by atoms with Gasteiger partial charge in [-0.25, -0.2) is 0 Å². The molecule has 0 aliphatic carbocycles. The Morgan fingerprint density at radius 2 is 2.28 bits per heavy atom. The number of benzene rings is 1. The average Bonchev–Trinajstić information content (AvgIpc) is 2.39. The van der Waals surface area contributed by atoms with Crippen molar-refractivity contribution in [2.24, 2.45) is 0 Å². The van der Waals surface area contributed by atoms with Crippen molar-refractivity contribution in [2.75, 3.05) is 7.11 Å². The van der Waals surface area contributed by atoms with Crippen molar-refractivity contribution in [2.45, 2.75) is 25.8 Å². The number of ether oxygens (including phenoxy) is 1. The number of carbonyl (C=O) groups excluding carboxylic acids is 1. The van der Waals surface area contributed by atoms with Gasteiger partial charge in [0.1, 0.15) is 11.3 Å². The van der Waals surface area contributed by atoms with Crippen LogP contribution in [0.3, 0.4) is 0 Å². The first-order valence-corrected chi connectivity index (χ1v) is 6.32. The molecule has 1 rings (SSSR count). The SMILES string of the molecule is CC[C@@](C)(C#N)NC(=O)c1cc(OC)ccc1Br. The molecule has 0 radical (unpaired) electrons. The molecule has 0 saturated carbocycles. The highest BCUT2D eigenvalue weighted by Gasteiger charge is 2.25. The van der Waals surface area contributed by atoms with Crippen LogP contribution in [-0.2, 0) is 0 Å². The largest absolute Gasteiger partial charge is 0.497 e. The third-order valence-corrected chi connectivity index (χ3v) is 3.45. The maximum absolute atomic E-state index is 12.1. The molecule has 18 heavy (non-hydrogen) atoms. The maximum Gasteiger partial charge on any atom is 0.253 e. The third kappa shape index (κ3) is 3.23. The topological polar surface area (TPSA) is 62.1 Å². The van der Waals surface area contributed by atoms with Crippen LogP contribution in [0, 0.1) is 11.3 Å². The van der Waals surface area contributed by atoms with Crippen LogP contribution >= 0.6 is 15.9 Å². The third-order valence-electron chi connectivity index (χ3n) is 2.76. The van der Waals surface area contributed by atoms with Gasteiger partial charge in [-0.3, -0.25) is 4.79 Å². The van der Waals surface area contributed by atoms with Crippen molar-refractivity contribution in [3.63, 3.8) is 0 Å². The van der Waals surface area contributed by atoms with Crippen LogP contribution in [0.5, 0.6) is 5.75 Å². The predicted molar refractivity (Wildman–Crippen MR) is 72.5 cm³/mol. The molecule has 0 unspecified atom stereocenters. The van der Waals surface area contributed by atoms with Crippen LogP contribution in [0.25, 0.3) is 0 Å². The van der Waals surface area contributed by atoms with Crippen molar-refractivity contribution in [1.82, 2.24) is 5.32 Å². The molecule has 1 N–H and O–H groups in total. The summed E-state index contributed by atoms with van der Waals surface area (Å²) in [5.41, 5.74) is -0.413. The van der Waals surface area contributed by atoms with E-state index in [2.05, 4.69) is 27.3 Å². The number of methoxy groups -OCH3 is 1. The molecule has 0 saturated heterocycles. The summed E-state index contributed by atoms with van der Waals surface area (Å²) in [6.45, 7) is 3.54. The quantitative estimate of drug-likeness (QED) is 0.930. The minimum atomic E-state index is -0.862. The summed E-state index contributed by atoms with van der Waals surface area (Å²) in [7, 11) is 1.54. The van der Waals surface area contributed by atoms with E-state index in [1.807, 2.05) is 6.92 Å². The first kappa shape index (κ1) is 14.5. The van der Waals surface area contributed by atoms with E-state index in [9.17, 15) is 4.79 Å². The zero-order chi connectivity index (χ0) is 13.8. The molecule has 4 nitrogen and oxygen atoms in total. The molecule has 1 amide bonds. The molecular weight excluding hydrogens is 296 g/mol. The molecular formula is C13H15BrN2O2. The first-order valence-electron chi connectivity index (χ1n) is 5.53. The van der Waals surface area contributed by atoms with E-state index in [-0.39, 0.29) is 5.91 Å². The fourth-order valence-corrected chi connectivity index (χ4v) is 1.75. The molecule has 1 aromatic rings. The van der Waals surface area contributed by atoms with Crippen LogP contribution in [0.1, 0.15) is 30.6 Å². The molecule has 0 bridgehead atoms. The zero-order valence-corrected chi connectivity index (χ0v) is 12.2. The summed E-state index contributed by atoms with van der Waals surface area (Å²) in [6.07, 6.45) is 0.539. The Hall–Kier alpha value is -1.54. The molecule has 0 fully saturated rings. The molecule has 0 spiro atoms. The Kier molecular flexibility index (Phi) is 4.74. The lowest BCUT2D eigenvalue weighted by atomic mass is 10.0. The Labute approximate surface area is 115 Å². The number of rotatable bonds is 4. The van der Waals surface area contributed by atoms with Gasteiger partial charge >= 0.3 is 0 Å². The highest BCUT2D eigenvalue weighted by molar-refractivity contribution is 9.10. The maximum atomic E-state index is 12.1. The molecule has 0 aliphatic rings. The number of halogens is 1. The lowest BCUT2D eigenvalue weighted by Crippen LogP contribution is -2.44. The van der Waals surface area contributed by atoms with E-state index in [4.69, 9.17) is 10.00 Å². The van der Waals surface area contributed by atoms with E-state index in [1.54, 1.807) is 25.1 Å². The number of amides is 1. The van der Waals surface area contributed by atoms with Gasteiger partial charge < -0.3 is 10.1 Å². The van der Waals surface area contributed by atoms with E-state index in [1.165, 1.54) is 7.11 Å². The lowest BCUT2D eigenvalue weighted by Gasteiger charge is -2.21. The van der Waals surface area contributed by atoms with Crippen LogP contribution in [-0.4, -0.2) is 18.6 Å². The molecule has 1 aromatic carbocycles. The number of hydrogen-bond acceptors (Lipinski definition) is 3. The minimum absolute atomic E-state index is 0.299. The van der Waals surface area contributed by atoms with Crippen LogP contribution < -0.4 is 10.1 Å². The van der Waals surface area contributed by atoms with Gasteiger partial charge in [0.2, 0.25) is 0 Å². The van der Waals surface area contributed by atoms with E-state index in [0.29, 0.717) is 22.2 Å². The van der Waals surface area contributed by atoms with Gasteiger partial charge in [-0.1, -0.05) is 6.92 Å². The fourth-order valence-electron chi connectivity index (χ4n) is 1.32. The molecule has 0 aromatic heterocycles. The summed E-state index contributed by atoms with van der Waals surface area (Å²) in [5.74, 6) is 0.296. The average molecular weight is 311 g/mol. The summed E-state index contributed by atoms with van der Waals surface area (Å²) >= 11 is 3.31. The predicted octanol–water partition coefficient (Wildman–Crippen LogP) is 2.88. The molecule has 0 heterocycles. The first-order chi connectivity index (χ1) is 8.45. The number of hydrogen-bond donors (Lipinski definition) is 1. The fraction of sp³-hybridized carbons (Fsp3) is 0.385. The Morgan fingerprint density at radius 3 is 2.78 bits per heavy atom. The van der Waals surface area contributed by atoms with Crippen LogP contribution in [0.4, 0.5) is 0 Å². The zero-order valence-electron chi connectivity index (χ0n) is 10.6. The molecule has 5 heteroatoms. The summed E-state index contributed by atoms with van der Waals surface area (Å²) in [4.78, 5) is 12.1. The van der Waals surface area contributed by atoms with Gasteiger partial charge in [-0.15, -0.1) is 0 Å². The van der Waals surface area contributed by atoms with E-state index >= 15 is 0 Å². The molecule has 1 atom stereocenters. The lowest BCUT2D eigenvalue weighted by molar-refractivity contribution is 0.0922. The van der Waals surface area contributed by atoms with Gasteiger partial charge in [0.25, 0.3) is 5.91 Å². The van der Waals surface area contributed by atoms with Gasteiger partial charge in [-0.2, -0.15) is 5.26 Å². The van der Waals surface area contributed by atoms with Crippen molar-refractivity contribution >= 4 is 21.8 Å². The van der Waals surface area contributed by atoms with Gasteiger partial charge in [0, 0.05) is 4.47 Å². The molecule has 0 aliphatic heterocycles. The second-order valence-electron chi connectivity index (χ2n) is 4.10.